The van der Waals surface area contributed by atoms with Crippen molar-refractivity contribution in [1.29, 1.82) is 0 Å². The number of nitrogens with zero attached hydrogens (tertiary/aromatic N) is 2. The van der Waals surface area contributed by atoms with Gasteiger partial charge in [0.25, 0.3) is 0 Å². The zero-order chi connectivity index (χ0) is 14.1. The van der Waals surface area contributed by atoms with E-state index in [-0.39, 0.29) is 10.7 Å². The van der Waals surface area contributed by atoms with E-state index in [0.29, 0.717) is 17.9 Å². The number of aromatic nitrogens is 1. The molecule has 2 unspecified atom stereocenters. The summed E-state index contributed by atoms with van der Waals surface area (Å²) in [6.07, 6.45) is 4.74. The Bertz CT molecular complexity index is 523. The lowest BCUT2D eigenvalue weighted by Gasteiger charge is -2.35. The summed E-state index contributed by atoms with van der Waals surface area (Å²) in [5.74, 6) is -0.493. The third-order valence-electron chi connectivity index (χ3n) is 4.22. The van der Waals surface area contributed by atoms with Crippen LogP contribution in [0.15, 0.2) is 12.1 Å². The van der Waals surface area contributed by atoms with E-state index in [4.69, 9.17) is 16.7 Å². The van der Waals surface area contributed by atoms with Crippen LogP contribution in [0.1, 0.15) is 36.2 Å². The van der Waals surface area contributed by atoms with Crippen LogP contribution in [0.25, 0.3) is 0 Å². The van der Waals surface area contributed by atoms with Crippen LogP contribution in [-0.2, 0) is 0 Å². The zero-order valence-electron chi connectivity index (χ0n) is 11.2. The number of aromatic carboxylic acids is 1. The molecule has 1 aromatic heterocycles. The Morgan fingerprint density at radius 2 is 2.25 bits per heavy atom. The lowest BCUT2D eigenvalue weighted by molar-refractivity contribution is 0.0691. The first-order valence-electron chi connectivity index (χ1n) is 7.04. The zero-order valence-corrected chi connectivity index (χ0v) is 11.9. The maximum atomic E-state index is 11.0. The van der Waals surface area contributed by atoms with Gasteiger partial charge in [0, 0.05) is 18.6 Å². The third-order valence-corrected chi connectivity index (χ3v) is 4.53. The summed E-state index contributed by atoms with van der Waals surface area (Å²) in [5, 5.41) is 12.6. The maximum Gasteiger partial charge on any atom is 0.356 e. The SMILES string of the molecule is O=C(O)c1nc(NC2CCN3CCCC3C2)ccc1Cl. The quantitative estimate of drug-likeness (QED) is 0.897. The highest BCUT2D eigenvalue weighted by molar-refractivity contribution is 6.33. The Labute approximate surface area is 122 Å². The van der Waals surface area contributed by atoms with Crippen molar-refractivity contribution in [2.45, 2.75) is 37.8 Å². The number of pyridine rings is 1. The number of halogens is 1. The van der Waals surface area contributed by atoms with Crippen LogP contribution in [0, 0.1) is 0 Å². The van der Waals surface area contributed by atoms with Crippen molar-refractivity contribution in [2.24, 2.45) is 0 Å². The summed E-state index contributed by atoms with van der Waals surface area (Å²) >= 11 is 5.83. The molecule has 0 amide bonds. The van der Waals surface area contributed by atoms with Crippen LogP contribution in [0.3, 0.4) is 0 Å². The van der Waals surface area contributed by atoms with Gasteiger partial charge in [0.1, 0.15) is 5.82 Å². The van der Waals surface area contributed by atoms with Gasteiger partial charge < -0.3 is 15.3 Å². The largest absolute Gasteiger partial charge is 0.476 e. The van der Waals surface area contributed by atoms with Gasteiger partial charge in [-0.1, -0.05) is 11.6 Å². The number of anilines is 1. The molecule has 3 rings (SSSR count). The fraction of sp³-hybridized carbons (Fsp3) is 0.571. The number of piperidine rings is 1. The van der Waals surface area contributed by atoms with E-state index < -0.39 is 5.97 Å². The van der Waals surface area contributed by atoms with Gasteiger partial charge in [-0.3, -0.25) is 0 Å². The van der Waals surface area contributed by atoms with Gasteiger partial charge in [0.05, 0.1) is 5.02 Å². The smallest absolute Gasteiger partial charge is 0.356 e. The van der Waals surface area contributed by atoms with Gasteiger partial charge in [0.15, 0.2) is 5.69 Å². The molecule has 2 aliphatic heterocycles. The average molecular weight is 296 g/mol. The maximum absolute atomic E-state index is 11.0. The summed E-state index contributed by atoms with van der Waals surface area (Å²) in [6, 6.07) is 4.37. The molecule has 1 aromatic rings. The number of fused-ring (bicyclic) bond motifs is 1. The van der Waals surface area contributed by atoms with Crippen LogP contribution in [0.2, 0.25) is 5.02 Å². The van der Waals surface area contributed by atoms with E-state index in [2.05, 4.69) is 15.2 Å². The monoisotopic (exact) mass is 295 g/mol. The van der Waals surface area contributed by atoms with E-state index in [1.54, 1.807) is 12.1 Å². The summed E-state index contributed by atoms with van der Waals surface area (Å²) in [6.45, 7) is 2.33. The predicted octanol–water partition coefficient (Wildman–Crippen LogP) is 2.47. The van der Waals surface area contributed by atoms with E-state index in [1.165, 1.54) is 19.4 Å². The highest BCUT2D eigenvalue weighted by Gasteiger charge is 2.31. The number of rotatable bonds is 3. The molecule has 0 radical (unpaired) electrons. The molecule has 0 spiro atoms. The second-order valence-corrected chi connectivity index (χ2v) is 5.94. The van der Waals surface area contributed by atoms with Gasteiger partial charge in [-0.25, -0.2) is 9.78 Å². The van der Waals surface area contributed by atoms with E-state index in [0.717, 1.165) is 19.4 Å². The summed E-state index contributed by atoms with van der Waals surface area (Å²) < 4.78 is 0. The van der Waals surface area contributed by atoms with Crippen LogP contribution in [0.5, 0.6) is 0 Å². The molecular formula is C14H18ClN3O2. The lowest BCUT2D eigenvalue weighted by atomic mass is 9.97. The molecule has 2 atom stereocenters. The molecule has 108 valence electrons. The number of hydrogen-bond acceptors (Lipinski definition) is 4. The van der Waals surface area contributed by atoms with Gasteiger partial charge in [-0.05, 0) is 44.4 Å². The number of hydrogen-bond donors (Lipinski definition) is 2. The highest BCUT2D eigenvalue weighted by atomic mass is 35.5. The number of carbonyl (C=O) groups is 1. The van der Waals surface area contributed by atoms with Crippen LogP contribution in [-0.4, -0.2) is 46.1 Å². The second kappa shape index (κ2) is 5.58. The molecule has 2 saturated heterocycles. The minimum absolute atomic E-state index is 0.0880. The lowest BCUT2D eigenvalue weighted by Crippen LogP contribution is -2.42. The first-order chi connectivity index (χ1) is 9.63. The molecule has 2 aliphatic rings. The molecule has 20 heavy (non-hydrogen) atoms. The van der Waals surface area contributed by atoms with Crippen molar-refractivity contribution in [3.8, 4) is 0 Å². The minimum Gasteiger partial charge on any atom is -0.476 e. The predicted molar refractivity (Wildman–Crippen MR) is 77.4 cm³/mol. The molecule has 2 N–H and O–H groups in total. The highest BCUT2D eigenvalue weighted by Crippen LogP contribution is 2.28. The molecule has 3 heterocycles. The van der Waals surface area contributed by atoms with E-state index >= 15 is 0 Å². The van der Waals surface area contributed by atoms with Gasteiger partial charge in [-0.2, -0.15) is 0 Å². The fourth-order valence-corrected chi connectivity index (χ4v) is 3.42. The normalized spacial score (nSPS) is 26.2. The molecule has 0 aromatic carbocycles. The first-order valence-corrected chi connectivity index (χ1v) is 7.41. The van der Waals surface area contributed by atoms with Crippen molar-refractivity contribution in [3.05, 3.63) is 22.8 Å². The fourth-order valence-electron chi connectivity index (χ4n) is 3.24. The van der Waals surface area contributed by atoms with Crippen molar-refractivity contribution in [1.82, 2.24) is 9.88 Å². The standard InChI is InChI=1S/C14H18ClN3O2/c15-11-3-4-12(17-13(11)14(19)20)16-9-5-7-18-6-1-2-10(18)8-9/h3-4,9-10H,1-2,5-8H2,(H,16,17)(H,19,20). The minimum atomic E-state index is -1.09. The van der Waals surface area contributed by atoms with Crippen molar-refractivity contribution in [3.63, 3.8) is 0 Å². The Morgan fingerprint density at radius 3 is 3.05 bits per heavy atom. The topological polar surface area (TPSA) is 65.5 Å². The van der Waals surface area contributed by atoms with Crippen molar-refractivity contribution in [2.75, 3.05) is 18.4 Å². The van der Waals surface area contributed by atoms with Crippen LogP contribution in [0.4, 0.5) is 5.82 Å². The Morgan fingerprint density at radius 1 is 1.40 bits per heavy atom. The van der Waals surface area contributed by atoms with Gasteiger partial charge >= 0.3 is 5.97 Å². The van der Waals surface area contributed by atoms with Gasteiger partial charge in [-0.15, -0.1) is 0 Å². The number of nitrogens with one attached hydrogen (secondary N) is 1. The van der Waals surface area contributed by atoms with E-state index in [1.807, 2.05) is 0 Å². The number of carboxylic acids is 1. The molecule has 6 heteroatoms. The molecule has 5 nitrogen and oxygen atoms in total. The molecular weight excluding hydrogens is 278 g/mol. The molecule has 0 saturated carbocycles. The number of carboxylic acid groups (broad SMARTS) is 1. The molecule has 0 bridgehead atoms. The van der Waals surface area contributed by atoms with Gasteiger partial charge in [0.2, 0.25) is 0 Å². The Balaban J connectivity index is 1.68. The average Bonchev–Trinajstić information content (AvgIpc) is 2.88. The second-order valence-electron chi connectivity index (χ2n) is 5.53. The molecule has 2 fully saturated rings. The molecule has 0 aliphatic carbocycles. The van der Waals surface area contributed by atoms with Crippen LogP contribution >= 0.6 is 11.6 Å². The van der Waals surface area contributed by atoms with Crippen molar-refractivity contribution < 1.29 is 9.90 Å². The summed E-state index contributed by atoms with van der Waals surface area (Å²) in [5.41, 5.74) is -0.0880. The van der Waals surface area contributed by atoms with Crippen LogP contribution < -0.4 is 5.32 Å². The van der Waals surface area contributed by atoms with Crippen molar-refractivity contribution >= 4 is 23.4 Å². The first kappa shape index (κ1) is 13.6. The Kier molecular flexibility index (Phi) is 3.81. The third kappa shape index (κ3) is 2.74. The summed E-state index contributed by atoms with van der Waals surface area (Å²) in [7, 11) is 0. The summed E-state index contributed by atoms with van der Waals surface area (Å²) in [4.78, 5) is 17.7. The van der Waals surface area contributed by atoms with E-state index in [9.17, 15) is 4.79 Å². The Hall–Kier alpha value is -1.33.